The predicted molar refractivity (Wildman–Crippen MR) is 65.6 cm³/mol. The third-order valence-electron chi connectivity index (χ3n) is 7.51. The highest BCUT2D eigenvalue weighted by Crippen LogP contribution is 2.70. The van der Waals surface area contributed by atoms with E-state index in [2.05, 4.69) is 12.2 Å². The monoisotopic (exact) mass is 244 g/mol. The molecular formula is C16H20O2. The van der Waals surface area contributed by atoms with Crippen LogP contribution >= 0.6 is 0 Å². The number of allylic oxidation sites excluding steroid dienone is 2. The highest BCUT2D eigenvalue weighted by molar-refractivity contribution is 5.25. The van der Waals surface area contributed by atoms with Crippen LogP contribution in [-0.2, 0) is 4.74 Å². The average Bonchev–Trinajstić information content (AvgIpc) is 3.14. The summed E-state index contributed by atoms with van der Waals surface area (Å²) >= 11 is 0. The van der Waals surface area contributed by atoms with Gasteiger partial charge in [0, 0.05) is 0 Å². The first-order chi connectivity index (χ1) is 8.83. The number of aliphatic hydroxyl groups is 1. The normalized spacial score (nSPS) is 73.3. The molecule has 18 heavy (non-hydrogen) atoms. The van der Waals surface area contributed by atoms with Crippen molar-refractivity contribution in [1.82, 2.24) is 0 Å². The van der Waals surface area contributed by atoms with Crippen LogP contribution in [0, 0.1) is 47.3 Å². The van der Waals surface area contributed by atoms with Crippen molar-refractivity contribution in [3.8, 4) is 0 Å². The van der Waals surface area contributed by atoms with Crippen molar-refractivity contribution in [2.24, 2.45) is 47.3 Å². The molecule has 4 aliphatic carbocycles. The first kappa shape index (κ1) is 9.55. The molecule has 6 bridgehead atoms. The summed E-state index contributed by atoms with van der Waals surface area (Å²) in [5.74, 6) is 6.22. The standard InChI is InChI=1S/C16H20O2/c17-10-5-8-4-9(10)14-13(8)15-11-6-1-2-7(3-6)12(11)16(14)18-15/h1-2,6-17H,3-5H2. The van der Waals surface area contributed by atoms with Crippen molar-refractivity contribution in [3.63, 3.8) is 0 Å². The summed E-state index contributed by atoms with van der Waals surface area (Å²) in [6.45, 7) is 0. The van der Waals surface area contributed by atoms with E-state index in [0.717, 1.165) is 47.8 Å². The van der Waals surface area contributed by atoms with Crippen LogP contribution in [0.1, 0.15) is 19.3 Å². The molecule has 0 aromatic rings. The summed E-state index contributed by atoms with van der Waals surface area (Å²) in [5.41, 5.74) is 0. The minimum absolute atomic E-state index is 0.00761. The lowest BCUT2D eigenvalue weighted by Gasteiger charge is -2.42. The quantitative estimate of drug-likeness (QED) is 0.659. The molecule has 0 amide bonds. The Kier molecular flexibility index (Phi) is 1.45. The molecular weight excluding hydrogens is 224 g/mol. The molecule has 2 heterocycles. The Labute approximate surface area is 107 Å². The molecule has 0 aromatic heterocycles. The molecule has 6 aliphatic rings. The van der Waals surface area contributed by atoms with Crippen molar-refractivity contribution in [2.75, 3.05) is 0 Å². The first-order valence-electron chi connectivity index (χ1n) is 7.85. The van der Waals surface area contributed by atoms with Gasteiger partial charge >= 0.3 is 0 Å². The van der Waals surface area contributed by atoms with Gasteiger partial charge in [0.25, 0.3) is 0 Å². The lowest BCUT2D eigenvalue weighted by atomic mass is 9.60. The maximum absolute atomic E-state index is 10.2. The van der Waals surface area contributed by atoms with Crippen LogP contribution in [0.5, 0.6) is 0 Å². The van der Waals surface area contributed by atoms with E-state index in [9.17, 15) is 5.11 Å². The van der Waals surface area contributed by atoms with Crippen LogP contribution in [-0.4, -0.2) is 23.4 Å². The molecule has 1 N–H and O–H groups in total. The van der Waals surface area contributed by atoms with Crippen LogP contribution < -0.4 is 0 Å². The molecule has 0 spiro atoms. The largest absolute Gasteiger partial charge is 0.393 e. The van der Waals surface area contributed by atoms with Crippen molar-refractivity contribution < 1.29 is 9.84 Å². The lowest BCUT2D eigenvalue weighted by molar-refractivity contribution is 0.0158. The number of hydrogen-bond acceptors (Lipinski definition) is 2. The van der Waals surface area contributed by atoms with Gasteiger partial charge in [-0.2, -0.15) is 0 Å². The second-order valence-corrected chi connectivity index (χ2v) is 7.79. The first-order valence-corrected chi connectivity index (χ1v) is 7.85. The van der Waals surface area contributed by atoms with E-state index >= 15 is 0 Å². The zero-order valence-corrected chi connectivity index (χ0v) is 10.5. The Hall–Kier alpha value is -0.340. The molecule has 11 unspecified atom stereocenters. The SMILES string of the molecule is OC1CC2CC1C1C3OC(C4C5C=CC(C5)C34)C21. The average molecular weight is 244 g/mol. The van der Waals surface area contributed by atoms with E-state index in [4.69, 9.17) is 4.74 Å². The highest BCUT2D eigenvalue weighted by atomic mass is 16.5. The van der Waals surface area contributed by atoms with E-state index in [1.54, 1.807) is 0 Å². The van der Waals surface area contributed by atoms with Gasteiger partial charge in [-0.1, -0.05) is 12.2 Å². The molecule has 0 aromatic carbocycles. The molecule has 0 radical (unpaired) electrons. The number of hydrogen-bond donors (Lipinski definition) is 1. The van der Waals surface area contributed by atoms with E-state index in [0.29, 0.717) is 18.1 Å². The van der Waals surface area contributed by atoms with Crippen molar-refractivity contribution in [1.29, 1.82) is 0 Å². The van der Waals surface area contributed by atoms with Gasteiger partial charge in [-0.3, -0.25) is 0 Å². The molecule has 96 valence electrons. The predicted octanol–water partition coefficient (Wildman–Crippen LogP) is 1.84. The molecule has 2 nitrogen and oxygen atoms in total. The van der Waals surface area contributed by atoms with Crippen LogP contribution in [0.25, 0.3) is 0 Å². The van der Waals surface area contributed by atoms with Gasteiger partial charge < -0.3 is 9.84 Å². The van der Waals surface area contributed by atoms with Gasteiger partial charge in [-0.05, 0) is 66.6 Å². The Bertz CT molecular complexity index is 458. The van der Waals surface area contributed by atoms with E-state index < -0.39 is 0 Å². The smallest absolute Gasteiger partial charge is 0.0652 e. The molecule has 2 saturated heterocycles. The highest BCUT2D eigenvalue weighted by Gasteiger charge is 2.72. The van der Waals surface area contributed by atoms with Gasteiger partial charge in [-0.25, -0.2) is 0 Å². The Morgan fingerprint density at radius 3 is 2.33 bits per heavy atom. The molecule has 5 fully saturated rings. The lowest BCUT2D eigenvalue weighted by Crippen LogP contribution is -2.46. The van der Waals surface area contributed by atoms with Crippen LogP contribution in [0.3, 0.4) is 0 Å². The van der Waals surface area contributed by atoms with Gasteiger partial charge in [0.05, 0.1) is 18.3 Å². The van der Waals surface area contributed by atoms with Crippen LogP contribution in [0.15, 0.2) is 12.2 Å². The summed E-state index contributed by atoms with van der Waals surface area (Å²) < 4.78 is 6.47. The number of ether oxygens (including phenoxy) is 1. The Morgan fingerprint density at radius 2 is 1.56 bits per heavy atom. The molecule has 2 aliphatic heterocycles. The number of fused-ring (bicyclic) bond motifs is 16. The Balaban J connectivity index is 1.46. The van der Waals surface area contributed by atoms with E-state index in [-0.39, 0.29) is 6.10 Å². The molecule has 2 heteroatoms. The fourth-order valence-electron chi connectivity index (χ4n) is 7.25. The van der Waals surface area contributed by atoms with Gasteiger partial charge in [-0.15, -0.1) is 0 Å². The minimum Gasteiger partial charge on any atom is -0.393 e. The van der Waals surface area contributed by atoms with Gasteiger partial charge in [0.2, 0.25) is 0 Å². The third-order valence-corrected chi connectivity index (χ3v) is 7.51. The minimum atomic E-state index is -0.00761. The van der Waals surface area contributed by atoms with Gasteiger partial charge in [0.15, 0.2) is 0 Å². The summed E-state index contributed by atoms with van der Waals surface area (Å²) in [6.07, 6.45) is 9.79. The van der Waals surface area contributed by atoms with Crippen LogP contribution in [0.2, 0.25) is 0 Å². The molecule has 11 atom stereocenters. The van der Waals surface area contributed by atoms with E-state index in [1.807, 2.05) is 0 Å². The molecule has 3 saturated carbocycles. The number of aliphatic hydroxyl groups excluding tert-OH is 1. The fourth-order valence-corrected chi connectivity index (χ4v) is 7.25. The zero-order valence-electron chi connectivity index (χ0n) is 10.5. The third kappa shape index (κ3) is 0.805. The van der Waals surface area contributed by atoms with Gasteiger partial charge in [0.1, 0.15) is 0 Å². The summed E-state index contributed by atoms with van der Waals surface area (Å²) in [7, 11) is 0. The zero-order chi connectivity index (χ0) is 11.6. The second-order valence-electron chi connectivity index (χ2n) is 7.79. The topological polar surface area (TPSA) is 29.5 Å². The Morgan fingerprint density at radius 1 is 0.833 bits per heavy atom. The summed E-state index contributed by atoms with van der Waals surface area (Å²) in [6, 6.07) is 0. The fraction of sp³-hybridized carbons (Fsp3) is 0.875. The maximum Gasteiger partial charge on any atom is 0.0652 e. The summed E-state index contributed by atoms with van der Waals surface area (Å²) in [4.78, 5) is 0. The molecule has 6 rings (SSSR count). The van der Waals surface area contributed by atoms with Crippen molar-refractivity contribution >= 4 is 0 Å². The van der Waals surface area contributed by atoms with Crippen molar-refractivity contribution in [3.05, 3.63) is 12.2 Å². The number of rotatable bonds is 0. The van der Waals surface area contributed by atoms with Crippen LogP contribution in [0.4, 0.5) is 0 Å². The second kappa shape index (κ2) is 2.73. The van der Waals surface area contributed by atoms with Crippen molar-refractivity contribution in [2.45, 2.75) is 37.6 Å². The maximum atomic E-state index is 10.2. The summed E-state index contributed by atoms with van der Waals surface area (Å²) in [5, 5.41) is 10.2. The van der Waals surface area contributed by atoms with E-state index in [1.165, 1.54) is 12.8 Å².